The molecule has 5 nitrogen and oxygen atoms in total. The van der Waals surface area contributed by atoms with E-state index in [1.807, 2.05) is 6.07 Å². The second-order valence-corrected chi connectivity index (χ2v) is 7.91. The molecule has 0 aliphatic carbocycles. The Morgan fingerprint density at radius 1 is 1.32 bits per heavy atom. The summed E-state index contributed by atoms with van der Waals surface area (Å²) in [6, 6.07) is 7.50. The summed E-state index contributed by atoms with van der Waals surface area (Å²) in [5.41, 5.74) is 1.40. The molecule has 130 valence electrons. The molecule has 0 radical (unpaired) electrons. The maximum atomic E-state index is 11.9. The van der Waals surface area contributed by atoms with Gasteiger partial charge in [0.2, 0.25) is 0 Å². The SMILES string of the molecule is COC(=O)c1cccnc1Nc1nc(-c2cccs2)c(CC(C)C)s1. The molecule has 3 aromatic rings. The molecule has 25 heavy (non-hydrogen) atoms. The molecule has 3 heterocycles. The van der Waals surface area contributed by atoms with Crippen molar-refractivity contribution in [1.82, 2.24) is 9.97 Å². The van der Waals surface area contributed by atoms with E-state index < -0.39 is 5.97 Å². The molecule has 7 heteroatoms. The van der Waals surface area contributed by atoms with Gasteiger partial charge in [0.25, 0.3) is 0 Å². The highest BCUT2D eigenvalue weighted by atomic mass is 32.1. The highest BCUT2D eigenvalue weighted by Gasteiger charge is 2.18. The summed E-state index contributed by atoms with van der Waals surface area (Å²) in [6.07, 6.45) is 2.59. The minimum Gasteiger partial charge on any atom is -0.465 e. The van der Waals surface area contributed by atoms with E-state index in [1.54, 1.807) is 41.0 Å². The Morgan fingerprint density at radius 3 is 2.84 bits per heavy atom. The molecule has 1 N–H and O–H groups in total. The van der Waals surface area contributed by atoms with Crippen LogP contribution in [0.5, 0.6) is 0 Å². The third kappa shape index (κ3) is 4.05. The molecule has 0 aliphatic rings. The van der Waals surface area contributed by atoms with E-state index in [9.17, 15) is 4.79 Å². The first-order valence-electron chi connectivity index (χ1n) is 7.92. The number of anilines is 2. The first-order valence-corrected chi connectivity index (χ1v) is 9.62. The smallest absolute Gasteiger partial charge is 0.341 e. The first-order chi connectivity index (χ1) is 12.1. The van der Waals surface area contributed by atoms with Crippen molar-refractivity contribution in [3.8, 4) is 10.6 Å². The molecule has 3 rings (SSSR count). The second-order valence-electron chi connectivity index (χ2n) is 5.88. The molecular formula is C18H19N3O2S2. The fourth-order valence-electron chi connectivity index (χ4n) is 2.40. The van der Waals surface area contributed by atoms with Gasteiger partial charge in [-0.2, -0.15) is 0 Å². The Kier molecular flexibility index (Phi) is 5.45. The molecule has 3 aromatic heterocycles. The number of thiazole rings is 1. The van der Waals surface area contributed by atoms with Crippen molar-refractivity contribution in [1.29, 1.82) is 0 Å². The Hall–Kier alpha value is -2.25. The predicted octanol–water partition coefficient (Wildman–Crippen LogP) is 5.00. The molecule has 0 bridgehead atoms. The van der Waals surface area contributed by atoms with E-state index in [0.717, 1.165) is 22.1 Å². The van der Waals surface area contributed by atoms with E-state index in [1.165, 1.54) is 12.0 Å². The third-order valence-electron chi connectivity index (χ3n) is 3.48. The lowest BCUT2D eigenvalue weighted by molar-refractivity contribution is 0.0601. The summed E-state index contributed by atoms with van der Waals surface area (Å²) < 4.78 is 4.82. The van der Waals surface area contributed by atoms with Crippen LogP contribution < -0.4 is 5.32 Å². The Balaban J connectivity index is 1.95. The lowest BCUT2D eigenvalue weighted by Gasteiger charge is -2.06. The summed E-state index contributed by atoms with van der Waals surface area (Å²) in [5, 5.41) is 5.96. The van der Waals surface area contributed by atoms with Gasteiger partial charge in [-0.3, -0.25) is 0 Å². The minimum absolute atomic E-state index is 0.392. The number of methoxy groups -OCH3 is 1. The van der Waals surface area contributed by atoms with E-state index in [4.69, 9.17) is 9.72 Å². The van der Waals surface area contributed by atoms with Gasteiger partial charge in [-0.15, -0.1) is 22.7 Å². The van der Waals surface area contributed by atoms with E-state index in [0.29, 0.717) is 17.3 Å². The predicted molar refractivity (Wildman–Crippen MR) is 103 cm³/mol. The minimum atomic E-state index is -0.423. The number of hydrogen-bond acceptors (Lipinski definition) is 7. The molecule has 0 saturated heterocycles. The Labute approximate surface area is 154 Å². The largest absolute Gasteiger partial charge is 0.465 e. The zero-order valence-corrected chi connectivity index (χ0v) is 15.9. The van der Waals surface area contributed by atoms with Crippen molar-refractivity contribution in [3.63, 3.8) is 0 Å². The number of rotatable bonds is 6. The first kappa shape index (κ1) is 17.6. The van der Waals surface area contributed by atoms with Gasteiger partial charge in [-0.25, -0.2) is 14.8 Å². The van der Waals surface area contributed by atoms with E-state index in [2.05, 4.69) is 35.6 Å². The summed E-state index contributed by atoms with van der Waals surface area (Å²) >= 11 is 3.28. The van der Waals surface area contributed by atoms with Crippen LogP contribution in [0, 0.1) is 5.92 Å². The van der Waals surface area contributed by atoms with Crippen molar-refractivity contribution in [2.45, 2.75) is 20.3 Å². The molecule has 0 spiro atoms. The monoisotopic (exact) mass is 373 g/mol. The van der Waals surface area contributed by atoms with Gasteiger partial charge in [0, 0.05) is 11.1 Å². The fraction of sp³-hybridized carbons (Fsp3) is 0.278. The van der Waals surface area contributed by atoms with Gasteiger partial charge in [0.15, 0.2) is 5.13 Å². The van der Waals surface area contributed by atoms with Crippen LogP contribution in [0.3, 0.4) is 0 Å². The number of nitrogens with zero attached hydrogens (tertiary/aromatic N) is 2. The highest BCUT2D eigenvalue weighted by molar-refractivity contribution is 7.17. The second kappa shape index (κ2) is 7.76. The van der Waals surface area contributed by atoms with Crippen LogP contribution in [0.4, 0.5) is 10.9 Å². The summed E-state index contributed by atoms with van der Waals surface area (Å²) in [4.78, 5) is 23.3. The van der Waals surface area contributed by atoms with Gasteiger partial charge in [0.05, 0.1) is 17.7 Å². The molecule has 0 aromatic carbocycles. The number of thiophene rings is 1. The molecular weight excluding hydrogens is 354 g/mol. The average Bonchev–Trinajstić information content (AvgIpc) is 3.24. The zero-order chi connectivity index (χ0) is 17.8. The lowest BCUT2D eigenvalue weighted by Crippen LogP contribution is -2.06. The van der Waals surface area contributed by atoms with Gasteiger partial charge in [-0.05, 0) is 35.9 Å². The fourth-order valence-corrected chi connectivity index (χ4v) is 4.39. The Morgan fingerprint density at radius 2 is 2.16 bits per heavy atom. The molecule has 0 amide bonds. The number of carbonyl (C=O) groups excluding carboxylic acids is 1. The number of nitrogens with one attached hydrogen (secondary N) is 1. The quantitative estimate of drug-likeness (QED) is 0.616. The standard InChI is InChI=1S/C18H19N3O2S2/c1-11(2)10-14-15(13-7-5-9-24-13)20-18(25-14)21-16-12(17(22)23-3)6-4-8-19-16/h4-9,11H,10H2,1-3H3,(H,19,20,21). The normalized spacial score (nSPS) is 10.9. The maximum absolute atomic E-state index is 11.9. The van der Waals surface area contributed by atoms with Crippen LogP contribution in [-0.4, -0.2) is 23.0 Å². The van der Waals surface area contributed by atoms with Crippen LogP contribution in [0.1, 0.15) is 29.1 Å². The Bertz CT molecular complexity index is 857. The number of aromatic nitrogens is 2. The van der Waals surface area contributed by atoms with E-state index in [-0.39, 0.29) is 0 Å². The van der Waals surface area contributed by atoms with Crippen molar-refractivity contribution >= 4 is 39.6 Å². The van der Waals surface area contributed by atoms with Gasteiger partial charge < -0.3 is 10.1 Å². The number of carbonyl (C=O) groups is 1. The molecule has 0 saturated carbocycles. The summed E-state index contributed by atoms with van der Waals surface area (Å²) in [6.45, 7) is 4.39. The molecule has 0 aliphatic heterocycles. The average molecular weight is 374 g/mol. The van der Waals surface area contributed by atoms with Crippen LogP contribution in [0.2, 0.25) is 0 Å². The van der Waals surface area contributed by atoms with Gasteiger partial charge in [0.1, 0.15) is 11.4 Å². The number of hydrogen-bond donors (Lipinski definition) is 1. The van der Waals surface area contributed by atoms with E-state index >= 15 is 0 Å². The van der Waals surface area contributed by atoms with Crippen molar-refractivity contribution in [2.24, 2.45) is 5.92 Å². The van der Waals surface area contributed by atoms with Crippen LogP contribution in [0.25, 0.3) is 10.6 Å². The van der Waals surface area contributed by atoms with Crippen molar-refractivity contribution in [3.05, 3.63) is 46.3 Å². The van der Waals surface area contributed by atoms with Gasteiger partial charge in [-0.1, -0.05) is 19.9 Å². The molecule has 0 unspecified atom stereocenters. The zero-order valence-electron chi connectivity index (χ0n) is 14.3. The van der Waals surface area contributed by atoms with Crippen LogP contribution in [0.15, 0.2) is 35.8 Å². The summed E-state index contributed by atoms with van der Waals surface area (Å²) in [5.74, 6) is 0.567. The summed E-state index contributed by atoms with van der Waals surface area (Å²) in [7, 11) is 1.36. The number of pyridine rings is 1. The lowest BCUT2D eigenvalue weighted by atomic mass is 10.1. The van der Waals surface area contributed by atoms with Crippen LogP contribution in [-0.2, 0) is 11.2 Å². The molecule has 0 atom stereocenters. The highest BCUT2D eigenvalue weighted by Crippen LogP contribution is 2.36. The molecule has 0 fully saturated rings. The number of esters is 1. The third-order valence-corrected chi connectivity index (χ3v) is 5.35. The maximum Gasteiger partial charge on any atom is 0.341 e. The number of ether oxygens (including phenoxy) is 1. The van der Waals surface area contributed by atoms with Gasteiger partial charge >= 0.3 is 5.97 Å². The van der Waals surface area contributed by atoms with Crippen molar-refractivity contribution < 1.29 is 9.53 Å². The van der Waals surface area contributed by atoms with Crippen LogP contribution >= 0.6 is 22.7 Å². The van der Waals surface area contributed by atoms with Crippen molar-refractivity contribution in [2.75, 3.05) is 12.4 Å². The topological polar surface area (TPSA) is 64.1 Å².